The molecule has 0 unspecified atom stereocenters. The van der Waals surface area contributed by atoms with Crippen LogP contribution in [0.25, 0.3) is 0 Å². The van der Waals surface area contributed by atoms with Crippen LogP contribution in [-0.4, -0.2) is 58.3 Å². The van der Waals surface area contributed by atoms with Crippen molar-refractivity contribution < 1.29 is 27.1 Å². The molecule has 1 fully saturated rings. The average Bonchev–Trinajstić information content (AvgIpc) is 2.80. The van der Waals surface area contributed by atoms with Gasteiger partial charge >= 0.3 is 0 Å². The minimum Gasteiger partial charge on any atom is -0.496 e. The lowest BCUT2D eigenvalue weighted by atomic mass is 9.89. The smallest absolute Gasteiger partial charge is 0.255 e. The predicted molar refractivity (Wildman–Crippen MR) is 126 cm³/mol. The molecule has 0 atom stereocenters. The van der Waals surface area contributed by atoms with E-state index in [1.165, 1.54) is 37.4 Å². The molecule has 1 saturated heterocycles. The molecular formula is C24H30FN3O5S. The van der Waals surface area contributed by atoms with Crippen LogP contribution in [0.2, 0.25) is 0 Å². The molecule has 0 radical (unpaired) electrons. The van der Waals surface area contributed by atoms with E-state index >= 15 is 0 Å². The van der Waals surface area contributed by atoms with Crippen molar-refractivity contribution in [2.45, 2.75) is 31.6 Å². The van der Waals surface area contributed by atoms with Gasteiger partial charge in [-0.1, -0.05) is 0 Å². The highest BCUT2D eigenvalue weighted by Crippen LogP contribution is 2.31. The third-order valence-electron chi connectivity index (χ3n) is 6.35. The van der Waals surface area contributed by atoms with Gasteiger partial charge in [-0.2, -0.15) is 0 Å². The van der Waals surface area contributed by atoms with Crippen LogP contribution in [0.1, 0.15) is 44.7 Å². The van der Waals surface area contributed by atoms with Gasteiger partial charge in [0.25, 0.3) is 5.91 Å². The summed E-state index contributed by atoms with van der Waals surface area (Å²) in [5.41, 5.74) is 1.60. The molecule has 0 aromatic heterocycles. The molecular weight excluding hydrogens is 461 g/mol. The highest BCUT2D eigenvalue weighted by molar-refractivity contribution is 7.89. The number of nitrogens with one attached hydrogen (secondary N) is 1. The molecule has 10 heteroatoms. The third-order valence-corrected chi connectivity index (χ3v) is 7.39. The second-order valence-corrected chi connectivity index (χ2v) is 10.0. The second kappa shape index (κ2) is 10.6. The number of hydrogen-bond donors (Lipinski definition) is 2. The van der Waals surface area contributed by atoms with E-state index in [0.29, 0.717) is 61.5 Å². The highest BCUT2D eigenvalue weighted by atomic mass is 32.2. The summed E-state index contributed by atoms with van der Waals surface area (Å²) in [6.45, 7) is 5.63. The number of carbonyl (C=O) groups is 2. The fraction of sp³-hybridized carbons (Fsp3) is 0.417. The van der Waals surface area contributed by atoms with Crippen LogP contribution in [0.3, 0.4) is 0 Å². The van der Waals surface area contributed by atoms with Crippen molar-refractivity contribution >= 4 is 21.7 Å². The van der Waals surface area contributed by atoms with E-state index in [2.05, 4.69) is 10.2 Å². The molecule has 0 aliphatic carbocycles. The Bertz CT molecular complexity index is 1170. The van der Waals surface area contributed by atoms with Crippen LogP contribution in [0, 0.1) is 25.6 Å². The molecule has 0 bridgehead atoms. The summed E-state index contributed by atoms with van der Waals surface area (Å²) in [6.07, 6.45) is 1.37. The summed E-state index contributed by atoms with van der Waals surface area (Å²) in [5.74, 6) is -0.588. The maximum atomic E-state index is 13.1. The van der Waals surface area contributed by atoms with Crippen molar-refractivity contribution in [2.75, 3.05) is 33.3 Å². The van der Waals surface area contributed by atoms with Gasteiger partial charge in [-0.05, 0) is 81.2 Å². The molecule has 3 rings (SSSR count). The van der Waals surface area contributed by atoms with E-state index in [0.717, 1.165) is 0 Å². The number of halogens is 1. The van der Waals surface area contributed by atoms with Crippen LogP contribution in [0.4, 0.5) is 4.39 Å². The summed E-state index contributed by atoms with van der Waals surface area (Å²) in [7, 11) is -2.58. The van der Waals surface area contributed by atoms with Crippen LogP contribution < -0.4 is 15.2 Å². The zero-order chi connectivity index (χ0) is 25.0. The van der Waals surface area contributed by atoms with Crippen molar-refractivity contribution in [3.05, 3.63) is 58.4 Å². The number of likely N-dealkylation sites (tertiary alicyclic amines) is 1. The van der Waals surface area contributed by atoms with Gasteiger partial charge in [-0.25, -0.2) is 17.9 Å². The summed E-state index contributed by atoms with van der Waals surface area (Å²) in [6, 6.07) is 6.87. The van der Waals surface area contributed by atoms with E-state index in [4.69, 9.17) is 9.88 Å². The number of methoxy groups -OCH3 is 1. The van der Waals surface area contributed by atoms with Crippen molar-refractivity contribution in [3.63, 3.8) is 0 Å². The van der Waals surface area contributed by atoms with Gasteiger partial charge in [0.1, 0.15) is 11.6 Å². The van der Waals surface area contributed by atoms with E-state index < -0.39 is 15.9 Å². The van der Waals surface area contributed by atoms with Crippen molar-refractivity contribution in [1.82, 2.24) is 10.2 Å². The Balaban J connectivity index is 1.56. The Morgan fingerprint density at radius 2 is 1.76 bits per heavy atom. The van der Waals surface area contributed by atoms with Crippen molar-refractivity contribution in [2.24, 2.45) is 11.1 Å². The third kappa shape index (κ3) is 5.81. The van der Waals surface area contributed by atoms with Crippen molar-refractivity contribution in [3.8, 4) is 5.75 Å². The monoisotopic (exact) mass is 491 g/mol. The quantitative estimate of drug-likeness (QED) is 0.548. The molecule has 2 aromatic rings. The number of benzene rings is 2. The number of Topliss-reactive ketones (excluding diaryl/α,β-unsaturated/α-hetero) is 1. The van der Waals surface area contributed by atoms with Gasteiger partial charge in [0.05, 0.1) is 17.6 Å². The number of carbonyl (C=O) groups excluding carboxylic acids is 2. The Hall–Kier alpha value is -2.82. The summed E-state index contributed by atoms with van der Waals surface area (Å²) in [4.78, 5) is 27.5. The van der Waals surface area contributed by atoms with Gasteiger partial charge in [0, 0.05) is 24.6 Å². The van der Waals surface area contributed by atoms with Crippen LogP contribution in [0.5, 0.6) is 5.75 Å². The Kier molecular flexibility index (Phi) is 8.06. The number of amides is 1. The maximum absolute atomic E-state index is 13.1. The number of nitrogens with two attached hydrogens (primary N) is 1. The lowest BCUT2D eigenvalue weighted by molar-refractivity contribution is 0.0838. The van der Waals surface area contributed by atoms with E-state index in [9.17, 15) is 22.4 Å². The second-order valence-electron chi connectivity index (χ2n) is 8.49. The molecule has 1 heterocycles. The van der Waals surface area contributed by atoms with Gasteiger partial charge in [-0.15, -0.1) is 0 Å². The molecule has 0 saturated carbocycles. The number of ether oxygens (including phenoxy) is 1. The Labute approximate surface area is 199 Å². The molecule has 2 aromatic carbocycles. The summed E-state index contributed by atoms with van der Waals surface area (Å²) < 4.78 is 42.3. The summed E-state index contributed by atoms with van der Waals surface area (Å²) in [5, 5.41) is 8.13. The predicted octanol–water partition coefficient (Wildman–Crippen LogP) is 2.42. The number of sulfonamides is 1. The summed E-state index contributed by atoms with van der Waals surface area (Å²) >= 11 is 0. The molecule has 1 amide bonds. The van der Waals surface area contributed by atoms with Crippen LogP contribution >= 0.6 is 0 Å². The standard InChI is InChI=1S/C24H30FN3O5S/c1-15-16(2)23(33-3)20(14-21(15)34(26,31)32)24(30)27-10-13-28-11-8-18(9-12-28)22(29)17-4-6-19(25)7-5-17/h4-7,14,18H,8-13H2,1-3H3,(H,27,30)(H2,26,31,32). The first kappa shape index (κ1) is 25.8. The molecule has 1 aliphatic heterocycles. The maximum Gasteiger partial charge on any atom is 0.255 e. The number of rotatable bonds is 8. The van der Waals surface area contributed by atoms with Gasteiger partial charge in [-0.3, -0.25) is 9.59 Å². The van der Waals surface area contributed by atoms with E-state index in [1.54, 1.807) is 13.8 Å². The topological polar surface area (TPSA) is 119 Å². The minimum absolute atomic E-state index is 0.0282. The fourth-order valence-electron chi connectivity index (χ4n) is 4.28. The number of primary sulfonamides is 1. The largest absolute Gasteiger partial charge is 0.496 e. The average molecular weight is 492 g/mol. The van der Waals surface area contributed by atoms with E-state index in [-0.39, 0.29) is 28.0 Å². The number of nitrogens with zero attached hydrogens (tertiary/aromatic N) is 1. The Morgan fingerprint density at radius 3 is 2.32 bits per heavy atom. The lowest BCUT2D eigenvalue weighted by Crippen LogP contribution is -2.41. The molecule has 0 spiro atoms. The Morgan fingerprint density at radius 1 is 1.15 bits per heavy atom. The molecule has 184 valence electrons. The first-order chi connectivity index (χ1) is 16.0. The molecule has 8 nitrogen and oxygen atoms in total. The first-order valence-corrected chi connectivity index (χ1v) is 12.6. The fourth-order valence-corrected chi connectivity index (χ4v) is 5.14. The van der Waals surface area contributed by atoms with Gasteiger partial charge in [0.15, 0.2) is 5.78 Å². The SMILES string of the molecule is COc1c(C(=O)NCCN2CCC(C(=O)c3ccc(F)cc3)CC2)cc(S(N)(=O)=O)c(C)c1C. The molecule has 34 heavy (non-hydrogen) atoms. The highest BCUT2D eigenvalue weighted by Gasteiger charge is 2.26. The van der Waals surface area contributed by atoms with Crippen molar-refractivity contribution in [1.29, 1.82) is 0 Å². The lowest BCUT2D eigenvalue weighted by Gasteiger charge is -2.31. The number of hydrogen-bond acceptors (Lipinski definition) is 6. The zero-order valence-electron chi connectivity index (χ0n) is 19.6. The van der Waals surface area contributed by atoms with Gasteiger partial charge < -0.3 is 15.0 Å². The molecule has 1 aliphatic rings. The normalized spacial score (nSPS) is 15.2. The van der Waals surface area contributed by atoms with Crippen LogP contribution in [0.15, 0.2) is 35.2 Å². The van der Waals surface area contributed by atoms with Gasteiger partial charge in [0.2, 0.25) is 10.0 Å². The van der Waals surface area contributed by atoms with E-state index in [1.807, 2.05) is 0 Å². The minimum atomic E-state index is -4.00. The first-order valence-electron chi connectivity index (χ1n) is 11.0. The molecule has 3 N–H and O–H groups in total. The number of ketones is 1. The number of piperidine rings is 1. The van der Waals surface area contributed by atoms with Crippen LogP contribution in [-0.2, 0) is 10.0 Å². The zero-order valence-corrected chi connectivity index (χ0v) is 20.4.